The molecule has 0 saturated carbocycles. The van der Waals surface area contributed by atoms with Crippen molar-refractivity contribution in [2.75, 3.05) is 6.61 Å². The highest BCUT2D eigenvalue weighted by molar-refractivity contribution is 5.86. The van der Waals surface area contributed by atoms with Crippen LogP contribution in [0.3, 0.4) is 0 Å². The van der Waals surface area contributed by atoms with Gasteiger partial charge in [0.2, 0.25) is 0 Å². The Hall–Kier alpha value is -2.62. The maximum atomic E-state index is 13.3. The van der Waals surface area contributed by atoms with Crippen molar-refractivity contribution in [3.8, 4) is 11.1 Å². The zero-order valence-electron chi connectivity index (χ0n) is 19.3. The van der Waals surface area contributed by atoms with Gasteiger partial charge in [0.25, 0.3) is 0 Å². The minimum atomic E-state index is -0.328. The topological polar surface area (TPSA) is 46.6 Å². The van der Waals surface area contributed by atoms with Crippen LogP contribution in [0.2, 0.25) is 0 Å². The van der Waals surface area contributed by atoms with Crippen molar-refractivity contribution in [2.45, 2.75) is 70.9 Å². The van der Waals surface area contributed by atoms with E-state index < -0.39 is 0 Å². The Morgan fingerprint density at radius 2 is 1.44 bits per heavy atom. The normalized spacial score (nSPS) is 24.6. The van der Waals surface area contributed by atoms with Crippen LogP contribution in [0.25, 0.3) is 11.1 Å². The van der Waals surface area contributed by atoms with Gasteiger partial charge < -0.3 is 9.64 Å². The number of hydrogen-bond donors (Lipinski definition) is 0. The number of amides is 1. The summed E-state index contributed by atoms with van der Waals surface area (Å²) in [5, 5.41) is 0. The van der Waals surface area contributed by atoms with Gasteiger partial charge in [0.05, 0.1) is 0 Å². The number of nitrogens with zero attached hydrogens (tertiary/aromatic N) is 1. The number of carbonyl (C=O) groups excluding carboxylic acids is 2. The third kappa shape index (κ3) is 3.64. The lowest BCUT2D eigenvalue weighted by Crippen LogP contribution is -2.56. The number of carbonyl (C=O) groups is 2. The Kier molecular flexibility index (Phi) is 5.35. The maximum Gasteiger partial charge on any atom is 0.410 e. The van der Waals surface area contributed by atoms with Crippen LogP contribution < -0.4 is 0 Å². The van der Waals surface area contributed by atoms with Gasteiger partial charge in [0.1, 0.15) is 12.4 Å². The predicted octanol–water partition coefficient (Wildman–Crippen LogP) is 6.18. The molecule has 5 rings (SSSR count). The first kappa shape index (κ1) is 21.2. The molecule has 3 aliphatic rings. The summed E-state index contributed by atoms with van der Waals surface area (Å²) >= 11 is 0. The van der Waals surface area contributed by atoms with E-state index in [9.17, 15) is 9.59 Å². The van der Waals surface area contributed by atoms with Crippen LogP contribution in [0.5, 0.6) is 0 Å². The smallest absolute Gasteiger partial charge is 0.410 e. The van der Waals surface area contributed by atoms with Crippen molar-refractivity contribution in [2.24, 2.45) is 11.3 Å². The summed E-state index contributed by atoms with van der Waals surface area (Å²) in [6.45, 7) is 6.36. The lowest BCUT2D eigenvalue weighted by atomic mass is 9.72. The molecule has 2 aromatic carbocycles. The molecule has 0 spiro atoms. The van der Waals surface area contributed by atoms with Crippen LogP contribution in [-0.2, 0) is 9.53 Å². The van der Waals surface area contributed by atoms with Crippen molar-refractivity contribution >= 4 is 11.9 Å². The fourth-order valence-electron chi connectivity index (χ4n) is 6.17. The summed E-state index contributed by atoms with van der Waals surface area (Å²) < 4.78 is 5.98. The van der Waals surface area contributed by atoms with Crippen LogP contribution >= 0.6 is 0 Å². The van der Waals surface area contributed by atoms with E-state index >= 15 is 0 Å². The molecule has 4 nitrogen and oxygen atoms in total. The van der Waals surface area contributed by atoms with E-state index in [0.29, 0.717) is 12.4 Å². The first-order valence-corrected chi connectivity index (χ1v) is 12.0. The van der Waals surface area contributed by atoms with Crippen LogP contribution in [-0.4, -0.2) is 35.5 Å². The number of hydrogen-bond acceptors (Lipinski definition) is 3. The van der Waals surface area contributed by atoms with E-state index in [0.717, 1.165) is 32.1 Å². The molecule has 0 aromatic heterocycles. The largest absolute Gasteiger partial charge is 0.448 e. The van der Waals surface area contributed by atoms with Gasteiger partial charge in [-0.3, -0.25) is 4.79 Å². The Morgan fingerprint density at radius 3 is 1.97 bits per heavy atom. The molecule has 2 unspecified atom stereocenters. The number of ketones is 1. The molecule has 1 amide bonds. The fourth-order valence-corrected chi connectivity index (χ4v) is 6.17. The van der Waals surface area contributed by atoms with Gasteiger partial charge in [-0.05, 0) is 54.4 Å². The lowest BCUT2D eigenvalue weighted by molar-refractivity contribution is -0.134. The SMILES string of the molecule is CC(C)(C)C(=O)C1CC2CCCC(C1)N2C(=O)OCC1c2ccccc2-c2ccccc21. The molecule has 2 fully saturated rings. The van der Waals surface area contributed by atoms with E-state index in [1.807, 2.05) is 25.7 Å². The second-order valence-electron chi connectivity index (χ2n) is 10.7. The number of rotatable bonds is 3. The summed E-state index contributed by atoms with van der Waals surface area (Å²) in [5.74, 6) is 0.468. The molecular weight excluding hydrogens is 398 g/mol. The van der Waals surface area contributed by atoms with E-state index in [4.69, 9.17) is 4.74 Å². The first-order chi connectivity index (χ1) is 15.3. The van der Waals surface area contributed by atoms with Crippen molar-refractivity contribution < 1.29 is 14.3 Å². The van der Waals surface area contributed by atoms with Gasteiger partial charge >= 0.3 is 6.09 Å². The lowest BCUT2D eigenvalue weighted by Gasteiger charge is -2.48. The molecular formula is C28H33NO3. The second kappa shape index (κ2) is 8.06. The summed E-state index contributed by atoms with van der Waals surface area (Å²) in [6, 6.07) is 17.1. The minimum absolute atomic E-state index is 0.0583. The van der Waals surface area contributed by atoms with Gasteiger partial charge in [-0.15, -0.1) is 0 Å². The van der Waals surface area contributed by atoms with Crippen LogP contribution in [0.1, 0.15) is 69.9 Å². The summed E-state index contributed by atoms with van der Waals surface area (Å²) in [7, 11) is 0. The molecule has 2 aliphatic heterocycles. The maximum absolute atomic E-state index is 13.3. The Morgan fingerprint density at radius 1 is 0.906 bits per heavy atom. The van der Waals surface area contributed by atoms with Crippen molar-refractivity contribution in [3.63, 3.8) is 0 Å². The van der Waals surface area contributed by atoms with E-state index in [-0.39, 0.29) is 35.4 Å². The van der Waals surface area contributed by atoms with Gasteiger partial charge in [0, 0.05) is 29.3 Å². The Balaban J connectivity index is 1.31. The molecule has 168 valence electrons. The standard InChI is InChI=1S/C28H33NO3/c1-28(2,3)26(30)18-15-19-9-8-10-20(16-18)29(19)27(31)32-17-25-23-13-6-4-11-21(23)22-12-5-7-14-24(22)25/h4-7,11-14,18-20,25H,8-10,15-17H2,1-3H3. The molecule has 2 heterocycles. The average molecular weight is 432 g/mol. The summed E-state index contributed by atoms with van der Waals surface area (Å²) in [5.41, 5.74) is 4.61. The van der Waals surface area contributed by atoms with Gasteiger partial charge in [-0.1, -0.05) is 69.3 Å². The van der Waals surface area contributed by atoms with E-state index in [1.165, 1.54) is 22.3 Å². The highest BCUT2D eigenvalue weighted by atomic mass is 16.6. The van der Waals surface area contributed by atoms with Crippen molar-refractivity contribution in [3.05, 3.63) is 59.7 Å². The number of benzene rings is 2. The summed E-state index contributed by atoms with van der Waals surface area (Å²) in [4.78, 5) is 28.2. The van der Waals surface area contributed by atoms with Gasteiger partial charge in [0.15, 0.2) is 0 Å². The highest BCUT2D eigenvalue weighted by Crippen LogP contribution is 2.45. The summed E-state index contributed by atoms with van der Waals surface area (Å²) in [6.07, 6.45) is 4.40. The number of fused-ring (bicyclic) bond motifs is 5. The number of piperidine rings is 2. The van der Waals surface area contributed by atoms with Crippen molar-refractivity contribution in [1.29, 1.82) is 0 Å². The third-order valence-corrected chi connectivity index (χ3v) is 7.63. The zero-order valence-corrected chi connectivity index (χ0v) is 19.3. The second-order valence-corrected chi connectivity index (χ2v) is 10.7. The van der Waals surface area contributed by atoms with Crippen molar-refractivity contribution in [1.82, 2.24) is 4.90 Å². The van der Waals surface area contributed by atoms with Gasteiger partial charge in [-0.2, -0.15) is 0 Å². The fraction of sp³-hybridized carbons (Fsp3) is 0.500. The average Bonchev–Trinajstić information content (AvgIpc) is 3.09. The van der Waals surface area contributed by atoms with Crippen LogP contribution in [0.4, 0.5) is 4.79 Å². The monoisotopic (exact) mass is 431 g/mol. The molecule has 2 saturated heterocycles. The quantitative estimate of drug-likeness (QED) is 0.583. The minimum Gasteiger partial charge on any atom is -0.448 e. The number of ether oxygens (including phenoxy) is 1. The Bertz CT molecular complexity index is 977. The molecule has 0 radical (unpaired) electrons. The van der Waals surface area contributed by atoms with E-state index in [1.54, 1.807) is 0 Å². The van der Waals surface area contributed by atoms with Gasteiger partial charge in [-0.25, -0.2) is 4.79 Å². The van der Waals surface area contributed by atoms with E-state index in [2.05, 4.69) is 48.5 Å². The highest BCUT2D eigenvalue weighted by Gasteiger charge is 2.45. The first-order valence-electron chi connectivity index (χ1n) is 12.0. The molecule has 2 bridgehead atoms. The molecule has 2 atom stereocenters. The molecule has 4 heteroatoms. The zero-order chi connectivity index (χ0) is 22.5. The Labute approximate surface area is 191 Å². The predicted molar refractivity (Wildman–Crippen MR) is 126 cm³/mol. The number of Topliss-reactive ketones (excluding diaryl/α,β-unsaturated/α-hetero) is 1. The van der Waals surface area contributed by atoms with Crippen LogP contribution in [0, 0.1) is 11.3 Å². The molecule has 32 heavy (non-hydrogen) atoms. The molecule has 1 aliphatic carbocycles. The molecule has 0 N–H and O–H groups in total. The third-order valence-electron chi connectivity index (χ3n) is 7.63. The van der Waals surface area contributed by atoms with Crippen LogP contribution in [0.15, 0.2) is 48.5 Å². The molecule has 2 aromatic rings.